The molecule has 0 saturated heterocycles. The summed E-state index contributed by atoms with van der Waals surface area (Å²) in [5, 5.41) is 3.10. The maximum absolute atomic E-state index is 13.8. The Morgan fingerprint density at radius 3 is 2.75 bits per heavy atom. The van der Waals surface area contributed by atoms with Crippen LogP contribution in [-0.4, -0.2) is 43.5 Å². The van der Waals surface area contributed by atoms with Gasteiger partial charge in [-0.1, -0.05) is 31.3 Å². The van der Waals surface area contributed by atoms with Gasteiger partial charge in [-0.3, -0.25) is 14.4 Å². The molecule has 4 aliphatic rings. The van der Waals surface area contributed by atoms with Crippen molar-refractivity contribution in [3.05, 3.63) is 24.3 Å². The van der Waals surface area contributed by atoms with Crippen molar-refractivity contribution in [2.24, 2.45) is 40.4 Å². The van der Waals surface area contributed by atoms with Crippen molar-refractivity contribution in [1.29, 1.82) is 0 Å². The Hall–Kier alpha value is -3.54. The van der Waals surface area contributed by atoms with Crippen LogP contribution in [0.5, 0.6) is 0 Å². The van der Waals surface area contributed by atoms with Gasteiger partial charge in [0.15, 0.2) is 17.2 Å². The Morgan fingerprint density at radius 2 is 1.95 bits per heavy atom. The van der Waals surface area contributed by atoms with Crippen molar-refractivity contribution in [3.8, 4) is 11.8 Å². The molecule has 3 saturated carbocycles. The van der Waals surface area contributed by atoms with Crippen LogP contribution in [0.25, 0.3) is 11.2 Å². The van der Waals surface area contributed by atoms with Crippen LogP contribution in [0, 0.1) is 52.3 Å². The van der Waals surface area contributed by atoms with E-state index in [1.807, 2.05) is 6.08 Å². The second-order valence-electron chi connectivity index (χ2n) is 12.8. The van der Waals surface area contributed by atoms with Crippen molar-refractivity contribution in [1.82, 2.24) is 24.8 Å². The van der Waals surface area contributed by atoms with Gasteiger partial charge in [-0.2, -0.15) is 0 Å². The van der Waals surface area contributed by atoms with E-state index in [-0.39, 0.29) is 52.6 Å². The molecule has 7 atom stereocenters. The molecule has 2 aromatic heterocycles. The van der Waals surface area contributed by atoms with E-state index in [0.717, 1.165) is 37.7 Å². The number of Topliss-reactive ketones (excluding diaryl/α,β-unsaturated/α-hetero) is 1. The predicted molar refractivity (Wildman–Crippen MR) is 150 cm³/mol. The highest BCUT2D eigenvalue weighted by Crippen LogP contribution is 2.67. The first-order valence-electron chi connectivity index (χ1n) is 14.5. The van der Waals surface area contributed by atoms with Crippen LogP contribution in [0.4, 0.5) is 5.82 Å². The third-order valence-electron chi connectivity index (χ3n) is 11.0. The van der Waals surface area contributed by atoms with Crippen LogP contribution in [0.15, 0.2) is 24.3 Å². The Morgan fingerprint density at radius 1 is 1.12 bits per heavy atom. The van der Waals surface area contributed by atoms with E-state index in [1.165, 1.54) is 6.33 Å². The number of rotatable bonds is 4. The summed E-state index contributed by atoms with van der Waals surface area (Å²) in [6.07, 6.45) is 10.9. The molecule has 40 heavy (non-hydrogen) atoms. The van der Waals surface area contributed by atoms with Crippen LogP contribution in [0.1, 0.15) is 65.7 Å². The number of amides is 1. The van der Waals surface area contributed by atoms with Gasteiger partial charge in [0.2, 0.25) is 5.91 Å². The van der Waals surface area contributed by atoms with Crippen LogP contribution in [0.2, 0.25) is 0 Å². The SMILES string of the molecule is CC(=O)[C@H]1CC[C@H]2[C@@H]3[C@H](C(=O)NCC#CCn4cnc5c(N)ncnc54)CC4=CC(=O)CC[C@]4(C)[C@H]3CC[C@]12C. The number of hydrogen-bond donors (Lipinski definition) is 2. The quantitative estimate of drug-likeness (QED) is 0.565. The molecule has 2 heterocycles. The Bertz CT molecular complexity index is 1480. The first-order chi connectivity index (χ1) is 19.1. The third kappa shape index (κ3) is 4.15. The minimum atomic E-state index is -0.218. The maximum Gasteiger partial charge on any atom is 0.224 e. The number of allylic oxidation sites excluding steroid dienone is 1. The number of fused-ring (bicyclic) bond motifs is 6. The molecule has 1 amide bonds. The molecule has 0 bridgehead atoms. The van der Waals surface area contributed by atoms with E-state index in [0.29, 0.717) is 48.2 Å². The third-order valence-corrected chi connectivity index (χ3v) is 11.0. The van der Waals surface area contributed by atoms with Gasteiger partial charge in [0.05, 0.1) is 19.4 Å². The van der Waals surface area contributed by atoms with Gasteiger partial charge in [-0.25, -0.2) is 15.0 Å². The number of aromatic nitrogens is 4. The lowest BCUT2D eigenvalue weighted by Gasteiger charge is -2.60. The lowest BCUT2D eigenvalue weighted by atomic mass is 9.44. The number of imidazole rings is 1. The molecule has 2 aromatic rings. The molecule has 0 spiro atoms. The number of nitrogens with one attached hydrogen (secondary N) is 1. The van der Waals surface area contributed by atoms with Gasteiger partial charge in [0.25, 0.3) is 0 Å². The van der Waals surface area contributed by atoms with Gasteiger partial charge in [-0.05, 0) is 80.1 Å². The molecule has 3 fully saturated rings. The molecule has 0 unspecified atom stereocenters. The number of nitrogen functional groups attached to an aromatic ring is 1. The summed E-state index contributed by atoms with van der Waals surface area (Å²) in [5.74, 6) is 7.70. The second-order valence-corrected chi connectivity index (χ2v) is 12.8. The average Bonchev–Trinajstić information content (AvgIpc) is 3.50. The molecule has 4 aliphatic carbocycles. The number of carbonyl (C=O) groups excluding carboxylic acids is 3. The average molecular weight is 543 g/mol. The fourth-order valence-electron chi connectivity index (χ4n) is 8.98. The van der Waals surface area contributed by atoms with E-state index in [1.54, 1.807) is 17.8 Å². The topological polar surface area (TPSA) is 133 Å². The van der Waals surface area contributed by atoms with Crippen molar-refractivity contribution < 1.29 is 14.4 Å². The molecule has 0 aliphatic heterocycles. The van der Waals surface area contributed by atoms with Gasteiger partial charge < -0.3 is 15.6 Å². The molecule has 0 aromatic carbocycles. The van der Waals surface area contributed by atoms with Crippen LogP contribution >= 0.6 is 0 Å². The van der Waals surface area contributed by atoms with Crippen LogP contribution in [0.3, 0.4) is 0 Å². The first-order valence-corrected chi connectivity index (χ1v) is 14.5. The standard InChI is InChI=1S/C31H38N6O3/c1-18(38)22-6-7-23-25-21(15-19-14-20(39)8-10-30(19,2)24(25)9-11-31(22,23)3)29(40)33-12-4-5-13-37-17-36-26-27(32)34-16-35-28(26)37/h14,16-17,21-25H,6-13,15H2,1-3H3,(H,33,40)(H2,32,34,35)/t21-,22-,23+,24+,25+,30+,31-/m1/s1. The minimum absolute atomic E-state index is 0.00870. The lowest BCUT2D eigenvalue weighted by molar-refractivity contribution is -0.141. The zero-order valence-electron chi connectivity index (χ0n) is 23.6. The summed E-state index contributed by atoms with van der Waals surface area (Å²) in [7, 11) is 0. The minimum Gasteiger partial charge on any atom is -0.382 e. The van der Waals surface area contributed by atoms with Gasteiger partial charge in [0.1, 0.15) is 17.6 Å². The number of hydrogen-bond acceptors (Lipinski definition) is 7. The van der Waals surface area contributed by atoms with Gasteiger partial charge >= 0.3 is 0 Å². The fraction of sp³-hybridized carbons (Fsp3) is 0.613. The summed E-state index contributed by atoms with van der Waals surface area (Å²) in [6, 6.07) is 0. The molecule has 3 N–H and O–H groups in total. The lowest BCUT2D eigenvalue weighted by Crippen LogP contribution is -2.56. The molecule has 9 nitrogen and oxygen atoms in total. The summed E-state index contributed by atoms with van der Waals surface area (Å²) in [4.78, 5) is 51.3. The first kappa shape index (κ1) is 26.7. The monoisotopic (exact) mass is 542 g/mol. The van der Waals surface area contributed by atoms with Crippen molar-refractivity contribution in [2.75, 3.05) is 12.3 Å². The highest BCUT2D eigenvalue weighted by atomic mass is 16.2. The summed E-state index contributed by atoms with van der Waals surface area (Å²) in [5.41, 5.74) is 8.07. The van der Waals surface area contributed by atoms with Crippen molar-refractivity contribution in [2.45, 2.75) is 72.3 Å². The van der Waals surface area contributed by atoms with Crippen LogP contribution in [-0.2, 0) is 20.9 Å². The van der Waals surface area contributed by atoms with E-state index in [9.17, 15) is 14.4 Å². The zero-order valence-corrected chi connectivity index (χ0v) is 23.6. The number of anilines is 1. The number of nitrogens with two attached hydrogens (primary N) is 1. The molecule has 210 valence electrons. The maximum atomic E-state index is 13.8. The number of carbonyl (C=O) groups is 3. The predicted octanol–water partition coefficient (Wildman–Crippen LogP) is 3.49. The van der Waals surface area contributed by atoms with Crippen molar-refractivity contribution in [3.63, 3.8) is 0 Å². The smallest absolute Gasteiger partial charge is 0.224 e. The molecule has 6 rings (SSSR count). The van der Waals surface area contributed by atoms with E-state index >= 15 is 0 Å². The highest BCUT2D eigenvalue weighted by molar-refractivity contribution is 5.92. The van der Waals surface area contributed by atoms with Crippen molar-refractivity contribution >= 4 is 34.5 Å². The highest BCUT2D eigenvalue weighted by Gasteiger charge is 2.62. The number of nitrogens with zero attached hydrogens (tertiary/aromatic N) is 4. The molecule has 9 heteroatoms. The Balaban J connectivity index is 1.22. The van der Waals surface area contributed by atoms with E-state index in [4.69, 9.17) is 5.73 Å². The summed E-state index contributed by atoms with van der Waals surface area (Å²) >= 11 is 0. The normalized spacial score (nSPS) is 34.6. The second kappa shape index (κ2) is 9.83. The van der Waals surface area contributed by atoms with Crippen LogP contribution < -0.4 is 11.1 Å². The Kier molecular flexibility index (Phi) is 6.55. The zero-order chi connectivity index (χ0) is 28.2. The molecule has 0 radical (unpaired) electrons. The largest absolute Gasteiger partial charge is 0.382 e. The fourth-order valence-corrected chi connectivity index (χ4v) is 8.98. The van der Waals surface area contributed by atoms with Gasteiger partial charge in [0, 0.05) is 18.3 Å². The summed E-state index contributed by atoms with van der Waals surface area (Å²) in [6.45, 7) is 6.96. The van der Waals surface area contributed by atoms with E-state index in [2.05, 4.69) is 46.0 Å². The van der Waals surface area contributed by atoms with Gasteiger partial charge in [-0.15, -0.1) is 0 Å². The molecular weight excluding hydrogens is 504 g/mol. The Labute approximate surface area is 234 Å². The molecular formula is C31H38N6O3. The summed E-state index contributed by atoms with van der Waals surface area (Å²) < 4.78 is 1.80. The number of ketones is 2. The van der Waals surface area contributed by atoms with E-state index < -0.39 is 0 Å².